The zero-order valence-corrected chi connectivity index (χ0v) is 27.7. The standard InChI is InChI=1S/C34H40N6O7S/c1-46-24-11-14-27-22(17-24)18-29(40-16-8-15-35-40)36-32(27)47-25-19-28-31(42)37-34(33(43)38-48(44,45)26-12-13-26)20-23(34)9-6-4-2-3-5-7-10-30(41)39(28)21-25/h6,8-9,11,14-18,23,25-26,28H,2-5,7,10,12-13,19-21H2,1H3,(H,37,42)(H,38,43)/t23-,25-,28?,34-/m1/s1. The third-order valence-corrected chi connectivity index (χ3v) is 11.6. The Morgan fingerprint density at radius 1 is 1.12 bits per heavy atom. The number of allylic oxidation sites excluding steroid dienone is 1. The van der Waals surface area contributed by atoms with Crippen molar-refractivity contribution in [3.8, 4) is 17.4 Å². The van der Waals surface area contributed by atoms with E-state index in [2.05, 4.69) is 15.1 Å². The molecule has 2 N–H and O–H groups in total. The van der Waals surface area contributed by atoms with Crippen LogP contribution in [0.3, 0.4) is 0 Å². The number of aromatic nitrogens is 3. The minimum absolute atomic E-state index is 0.154. The van der Waals surface area contributed by atoms with Gasteiger partial charge in [0.15, 0.2) is 5.82 Å². The Morgan fingerprint density at radius 2 is 1.96 bits per heavy atom. The maximum absolute atomic E-state index is 14.1. The van der Waals surface area contributed by atoms with Gasteiger partial charge < -0.3 is 19.7 Å². The first-order valence-electron chi connectivity index (χ1n) is 16.7. The molecular weight excluding hydrogens is 636 g/mol. The number of pyridine rings is 1. The highest BCUT2D eigenvalue weighted by atomic mass is 32.2. The third-order valence-electron chi connectivity index (χ3n) is 9.74. The van der Waals surface area contributed by atoms with E-state index in [9.17, 15) is 22.8 Å². The van der Waals surface area contributed by atoms with E-state index >= 15 is 0 Å². The smallest absolute Gasteiger partial charge is 0.259 e. The molecule has 1 aromatic carbocycles. The number of hydrogen-bond acceptors (Lipinski definition) is 9. The summed E-state index contributed by atoms with van der Waals surface area (Å²) in [7, 11) is -2.23. The molecule has 2 aliphatic carbocycles. The molecule has 2 aromatic heterocycles. The second-order valence-corrected chi connectivity index (χ2v) is 15.1. The van der Waals surface area contributed by atoms with Crippen molar-refractivity contribution in [3.63, 3.8) is 0 Å². The molecule has 13 nitrogen and oxygen atoms in total. The van der Waals surface area contributed by atoms with Gasteiger partial charge in [-0.25, -0.2) is 13.1 Å². The average Bonchev–Trinajstić information content (AvgIpc) is 3.93. The lowest BCUT2D eigenvalue weighted by atomic mass is 10.1. The van der Waals surface area contributed by atoms with E-state index < -0.39 is 44.8 Å². The molecule has 3 amide bonds. The minimum Gasteiger partial charge on any atom is -0.497 e. The fourth-order valence-corrected chi connectivity index (χ4v) is 8.12. The van der Waals surface area contributed by atoms with Crippen LogP contribution in [-0.2, 0) is 24.4 Å². The molecular formula is C34H40N6O7S. The Balaban J connectivity index is 1.17. The van der Waals surface area contributed by atoms with Crippen LogP contribution in [0.2, 0.25) is 0 Å². The van der Waals surface area contributed by atoms with E-state index in [1.165, 1.54) is 0 Å². The molecule has 2 saturated carbocycles. The third kappa shape index (κ3) is 6.49. The van der Waals surface area contributed by atoms with E-state index in [0.29, 0.717) is 36.7 Å². The van der Waals surface area contributed by atoms with E-state index in [4.69, 9.17) is 14.5 Å². The van der Waals surface area contributed by atoms with Gasteiger partial charge in [-0.1, -0.05) is 25.0 Å². The van der Waals surface area contributed by atoms with Gasteiger partial charge in [0, 0.05) is 36.5 Å². The van der Waals surface area contributed by atoms with Crippen molar-refractivity contribution >= 4 is 38.5 Å². The second kappa shape index (κ2) is 12.9. The normalized spacial score (nSPS) is 26.5. The lowest BCUT2D eigenvalue weighted by molar-refractivity contribution is -0.139. The van der Waals surface area contributed by atoms with Gasteiger partial charge >= 0.3 is 0 Å². The SMILES string of the molecule is COc1ccc2c(O[C@@H]3CC4C(=O)N[C@]5(C(=O)NS(=O)(=O)C6CC6)C[C@H]5C=CCCCCCCC(=O)N4C3)nc(-n3cccn3)cc2c1. The van der Waals surface area contributed by atoms with E-state index in [1.807, 2.05) is 36.4 Å². The molecule has 4 aliphatic rings. The van der Waals surface area contributed by atoms with Gasteiger partial charge in [-0.05, 0) is 74.2 Å². The van der Waals surface area contributed by atoms with Gasteiger partial charge in [0.1, 0.15) is 23.4 Å². The van der Waals surface area contributed by atoms with Gasteiger partial charge in [0.2, 0.25) is 27.7 Å². The largest absolute Gasteiger partial charge is 0.497 e. The lowest BCUT2D eigenvalue weighted by Crippen LogP contribution is -2.56. The number of methoxy groups -OCH3 is 1. The van der Waals surface area contributed by atoms with Crippen LogP contribution >= 0.6 is 0 Å². The topological polar surface area (TPSA) is 162 Å². The van der Waals surface area contributed by atoms with Crippen LogP contribution in [0, 0.1) is 5.92 Å². The lowest BCUT2D eigenvalue weighted by Gasteiger charge is -2.26. The van der Waals surface area contributed by atoms with Crippen LogP contribution in [-0.4, -0.2) is 82.4 Å². The van der Waals surface area contributed by atoms with Crippen LogP contribution in [0.25, 0.3) is 16.6 Å². The fourth-order valence-electron chi connectivity index (χ4n) is 6.76. The van der Waals surface area contributed by atoms with Gasteiger partial charge in [-0.2, -0.15) is 10.1 Å². The van der Waals surface area contributed by atoms with E-state index in [-0.39, 0.29) is 37.6 Å². The summed E-state index contributed by atoms with van der Waals surface area (Å²) < 4.78 is 41.2. The van der Waals surface area contributed by atoms with Gasteiger partial charge in [-0.3, -0.25) is 19.1 Å². The van der Waals surface area contributed by atoms with Crippen molar-refractivity contribution in [2.24, 2.45) is 5.92 Å². The predicted octanol–water partition coefficient (Wildman–Crippen LogP) is 3.17. The number of hydrogen-bond donors (Lipinski definition) is 2. The number of sulfonamides is 1. The summed E-state index contributed by atoms with van der Waals surface area (Å²) in [4.78, 5) is 47.5. The Bertz CT molecular complexity index is 1860. The van der Waals surface area contributed by atoms with Crippen molar-refractivity contribution < 1.29 is 32.3 Å². The Labute approximate surface area is 279 Å². The van der Waals surface area contributed by atoms with Crippen LogP contribution in [0.1, 0.15) is 64.2 Å². The number of ether oxygens (including phenoxy) is 2. The van der Waals surface area contributed by atoms with Crippen molar-refractivity contribution in [2.75, 3.05) is 13.7 Å². The van der Waals surface area contributed by atoms with Crippen molar-refractivity contribution in [2.45, 2.75) is 87.1 Å². The average molecular weight is 677 g/mol. The first kappa shape index (κ1) is 32.1. The Morgan fingerprint density at radius 3 is 2.73 bits per heavy atom. The molecule has 3 fully saturated rings. The maximum atomic E-state index is 14.1. The number of rotatable bonds is 7. The van der Waals surface area contributed by atoms with Crippen LogP contribution in [0.5, 0.6) is 11.6 Å². The zero-order chi connectivity index (χ0) is 33.5. The number of nitrogens with one attached hydrogen (secondary N) is 2. The molecule has 1 saturated heterocycles. The first-order chi connectivity index (χ1) is 23.2. The minimum atomic E-state index is -3.82. The molecule has 254 valence electrons. The number of amides is 3. The Kier molecular flexibility index (Phi) is 8.60. The molecule has 0 spiro atoms. The highest BCUT2D eigenvalue weighted by Gasteiger charge is 2.62. The van der Waals surface area contributed by atoms with E-state index in [1.54, 1.807) is 35.2 Å². The molecule has 4 atom stereocenters. The number of benzene rings is 1. The maximum Gasteiger partial charge on any atom is 0.259 e. The molecule has 0 bridgehead atoms. The molecule has 3 aromatic rings. The number of carbonyl (C=O) groups excluding carboxylic acids is 3. The molecule has 0 radical (unpaired) electrons. The van der Waals surface area contributed by atoms with Crippen LogP contribution in [0.15, 0.2) is 54.9 Å². The quantitative estimate of drug-likeness (QED) is 0.358. The van der Waals surface area contributed by atoms with E-state index in [0.717, 1.165) is 36.5 Å². The monoisotopic (exact) mass is 676 g/mol. The molecule has 7 rings (SSSR count). The highest BCUT2D eigenvalue weighted by molar-refractivity contribution is 7.91. The summed E-state index contributed by atoms with van der Waals surface area (Å²) in [6.07, 6.45) is 12.8. The molecule has 4 heterocycles. The summed E-state index contributed by atoms with van der Waals surface area (Å²) >= 11 is 0. The van der Waals surface area contributed by atoms with Gasteiger partial charge in [-0.15, -0.1) is 0 Å². The molecule has 2 aliphatic heterocycles. The molecule has 1 unspecified atom stereocenters. The summed E-state index contributed by atoms with van der Waals surface area (Å²) in [6, 6.07) is 8.30. The number of carbonyl (C=O) groups is 3. The summed E-state index contributed by atoms with van der Waals surface area (Å²) in [5, 5.41) is 8.18. The number of nitrogens with zero attached hydrogens (tertiary/aromatic N) is 4. The van der Waals surface area contributed by atoms with Crippen molar-refractivity contribution in [3.05, 3.63) is 54.9 Å². The first-order valence-corrected chi connectivity index (χ1v) is 18.2. The molecule has 48 heavy (non-hydrogen) atoms. The van der Waals surface area contributed by atoms with Crippen molar-refractivity contribution in [1.82, 2.24) is 29.7 Å². The summed E-state index contributed by atoms with van der Waals surface area (Å²) in [5.74, 6) is -0.232. The van der Waals surface area contributed by atoms with Crippen LogP contribution < -0.4 is 19.5 Å². The summed E-state index contributed by atoms with van der Waals surface area (Å²) in [6.45, 7) is 0.154. The van der Waals surface area contributed by atoms with Crippen LogP contribution in [0.4, 0.5) is 0 Å². The summed E-state index contributed by atoms with van der Waals surface area (Å²) in [5.41, 5.74) is -1.40. The predicted molar refractivity (Wildman–Crippen MR) is 176 cm³/mol. The van der Waals surface area contributed by atoms with Crippen molar-refractivity contribution in [1.29, 1.82) is 0 Å². The number of fused-ring (bicyclic) bond motifs is 3. The molecule has 14 heteroatoms. The fraction of sp³-hybridized carbons (Fsp3) is 0.500. The van der Waals surface area contributed by atoms with Gasteiger partial charge in [0.25, 0.3) is 5.91 Å². The van der Waals surface area contributed by atoms with Gasteiger partial charge in [0.05, 0.1) is 18.9 Å². The highest BCUT2D eigenvalue weighted by Crippen LogP contribution is 2.46. The Hall–Kier alpha value is -4.46. The second-order valence-electron chi connectivity index (χ2n) is 13.2. The zero-order valence-electron chi connectivity index (χ0n) is 26.8.